The molecule has 0 radical (unpaired) electrons. The Bertz CT molecular complexity index is 507. The minimum Gasteiger partial charge on any atom is -0.388 e. The zero-order chi connectivity index (χ0) is 12.4. The van der Waals surface area contributed by atoms with E-state index in [-0.39, 0.29) is 6.42 Å². The van der Waals surface area contributed by atoms with E-state index < -0.39 is 17.7 Å². The first-order chi connectivity index (χ1) is 8.04. The molecule has 2 rings (SSSR count). The molecular weight excluding hydrogens is 310 g/mol. The van der Waals surface area contributed by atoms with E-state index in [1.807, 2.05) is 5.38 Å². The van der Waals surface area contributed by atoms with E-state index in [0.717, 1.165) is 15.4 Å². The van der Waals surface area contributed by atoms with Gasteiger partial charge in [-0.15, -0.1) is 11.3 Å². The Morgan fingerprint density at radius 3 is 2.35 bits per heavy atom. The van der Waals surface area contributed by atoms with Crippen molar-refractivity contribution in [1.29, 1.82) is 0 Å². The molecule has 0 spiro atoms. The summed E-state index contributed by atoms with van der Waals surface area (Å²) in [5, 5.41) is 11.7. The zero-order valence-corrected chi connectivity index (χ0v) is 11.1. The van der Waals surface area contributed by atoms with Gasteiger partial charge in [-0.2, -0.15) is 0 Å². The van der Waals surface area contributed by atoms with Crippen molar-refractivity contribution in [3.8, 4) is 0 Å². The smallest absolute Gasteiger partial charge is 0.126 e. The molecule has 1 aromatic heterocycles. The van der Waals surface area contributed by atoms with Crippen LogP contribution in [0.5, 0.6) is 0 Å². The van der Waals surface area contributed by atoms with Gasteiger partial charge in [0.1, 0.15) is 11.6 Å². The quantitative estimate of drug-likeness (QED) is 0.904. The topological polar surface area (TPSA) is 20.2 Å². The van der Waals surface area contributed by atoms with Gasteiger partial charge in [-0.05, 0) is 50.6 Å². The van der Waals surface area contributed by atoms with Gasteiger partial charge in [0.2, 0.25) is 0 Å². The molecule has 2 aromatic rings. The van der Waals surface area contributed by atoms with E-state index in [9.17, 15) is 13.9 Å². The van der Waals surface area contributed by atoms with Crippen molar-refractivity contribution in [3.63, 3.8) is 0 Å². The van der Waals surface area contributed by atoms with Gasteiger partial charge in [0.15, 0.2) is 0 Å². The van der Waals surface area contributed by atoms with Crippen molar-refractivity contribution in [1.82, 2.24) is 0 Å². The second-order valence-corrected chi connectivity index (χ2v) is 5.97. The first kappa shape index (κ1) is 12.7. The van der Waals surface area contributed by atoms with E-state index >= 15 is 0 Å². The van der Waals surface area contributed by atoms with Crippen molar-refractivity contribution < 1.29 is 13.9 Å². The van der Waals surface area contributed by atoms with Gasteiger partial charge < -0.3 is 5.11 Å². The van der Waals surface area contributed by atoms with Crippen LogP contribution in [-0.4, -0.2) is 5.11 Å². The summed E-state index contributed by atoms with van der Waals surface area (Å²) in [5.74, 6) is -1.25. The normalized spacial score (nSPS) is 12.7. The molecule has 0 saturated carbocycles. The molecule has 1 nitrogen and oxygen atoms in total. The lowest BCUT2D eigenvalue weighted by atomic mass is 10.0. The molecule has 0 amide bonds. The molecule has 0 aliphatic carbocycles. The summed E-state index contributed by atoms with van der Waals surface area (Å²) in [4.78, 5) is 0. The number of thiophene rings is 1. The van der Waals surface area contributed by atoms with Crippen LogP contribution in [0.3, 0.4) is 0 Å². The number of aliphatic hydroxyl groups excluding tert-OH is 1. The highest BCUT2D eigenvalue weighted by Gasteiger charge is 2.11. The fourth-order valence-corrected chi connectivity index (χ4v) is 2.79. The highest BCUT2D eigenvalue weighted by Crippen LogP contribution is 2.27. The zero-order valence-electron chi connectivity index (χ0n) is 8.66. The SMILES string of the molecule is OC(Cc1cc(F)cc(F)c1)c1csc(Br)c1. The molecule has 0 aliphatic heterocycles. The summed E-state index contributed by atoms with van der Waals surface area (Å²) in [7, 11) is 0. The molecule has 0 fully saturated rings. The van der Waals surface area contributed by atoms with Crippen molar-refractivity contribution in [3.05, 3.63) is 56.2 Å². The Labute approximate surface area is 110 Å². The van der Waals surface area contributed by atoms with E-state index in [1.54, 1.807) is 6.07 Å². The predicted molar refractivity (Wildman–Crippen MR) is 67.0 cm³/mol. The van der Waals surface area contributed by atoms with E-state index in [4.69, 9.17) is 0 Å². The molecule has 1 atom stereocenters. The average molecular weight is 319 g/mol. The number of benzene rings is 1. The summed E-state index contributed by atoms with van der Waals surface area (Å²) in [5.41, 5.74) is 1.18. The van der Waals surface area contributed by atoms with Gasteiger partial charge in [0, 0.05) is 12.5 Å². The van der Waals surface area contributed by atoms with Crippen LogP contribution in [0.15, 0.2) is 33.4 Å². The van der Waals surface area contributed by atoms with Crippen molar-refractivity contribution in [2.24, 2.45) is 0 Å². The molecule has 0 aliphatic rings. The van der Waals surface area contributed by atoms with Crippen LogP contribution in [-0.2, 0) is 6.42 Å². The van der Waals surface area contributed by atoms with Crippen LogP contribution in [0.4, 0.5) is 8.78 Å². The molecule has 1 N–H and O–H groups in total. The maximum atomic E-state index is 13.0. The Morgan fingerprint density at radius 1 is 1.18 bits per heavy atom. The highest BCUT2D eigenvalue weighted by molar-refractivity contribution is 9.11. The summed E-state index contributed by atoms with van der Waals surface area (Å²) in [6, 6.07) is 5.07. The minimum atomic E-state index is -0.751. The van der Waals surface area contributed by atoms with Gasteiger partial charge in [0.05, 0.1) is 9.89 Å². The number of rotatable bonds is 3. The molecule has 17 heavy (non-hydrogen) atoms. The van der Waals surface area contributed by atoms with Crippen LogP contribution in [0, 0.1) is 11.6 Å². The van der Waals surface area contributed by atoms with Gasteiger partial charge >= 0.3 is 0 Å². The lowest BCUT2D eigenvalue weighted by molar-refractivity contribution is 0.178. The number of aliphatic hydroxyl groups is 1. The standard InChI is InChI=1S/C12H9BrF2OS/c13-12-4-8(6-17-12)11(16)3-7-1-9(14)5-10(15)2-7/h1-2,4-6,11,16H,3H2. The third kappa shape index (κ3) is 3.34. The van der Waals surface area contributed by atoms with Crippen molar-refractivity contribution >= 4 is 27.3 Å². The Kier molecular flexibility index (Phi) is 3.91. The minimum absolute atomic E-state index is 0.192. The largest absolute Gasteiger partial charge is 0.388 e. The molecule has 0 saturated heterocycles. The molecule has 1 aromatic carbocycles. The van der Waals surface area contributed by atoms with Crippen LogP contribution < -0.4 is 0 Å². The average Bonchev–Trinajstić information content (AvgIpc) is 2.63. The summed E-state index contributed by atoms with van der Waals surface area (Å²) >= 11 is 4.75. The van der Waals surface area contributed by atoms with Gasteiger partial charge in [-0.1, -0.05) is 0 Å². The molecule has 90 valence electrons. The van der Waals surface area contributed by atoms with Gasteiger partial charge in [-0.25, -0.2) is 8.78 Å². The number of halogens is 3. The van der Waals surface area contributed by atoms with Crippen LogP contribution >= 0.6 is 27.3 Å². The second kappa shape index (κ2) is 5.25. The third-order valence-electron chi connectivity index (χ3n) is 2.32. The second-order valence-electron chi connectivity index (χ2n) is 3.68. The lowest BCUT2D eigenvalue weighted by Gasteiger charge is -2.09. The molecule has 1 heterocycles. The summed E-state index contributed by atoms with van der Waals surface area (Å²) in [6.07, 6.45) is -0.559. The monoisotopic (exact) mass is 318 g/mol. The fraction of sp³-hybridized carbons (Fsp3) is 0.167. The molecule has 1 unspecified atom stereocenters. The van der Waals surface area contributed by atoms with E-state index in [1.165, 1.54) is 23.5 Å². The maximum absolute atomic E-state index is 13.0. The van der Waals surface area contributed by atoms with Crippen molar-refractivity contribution in [2.45, 2.75) is 12.5 Å². The van der Waals surface area contributed by atoms with E-state index in [2.05, 4.69) is 15.9 Å². The Morgan fingerprint density at radius 2 is 1.82 bits per heavy atom. The highest BCUT2D eigenvalue weighted by atomic mass is 79.9. The number of hydrogen-bond acceptors (Lipinski definition) is 2. The van der Waals surface area contributed by atoms with E-state index in [0.29, 0.717) is 5.56 Å². The Balaban J connectivity index is 2.15. The molecule has 0 bridgehead atoms. The first-order valence-electron chi connectivity index (χ1n) is 4.91. The van der Waals surface area contributed by atoms with Crippen LogP contribution in [0.1, 0.15) is 17.2 Å². The summed E-state index contributed by atoms with van der Waals surface area (Å²) < 4.78 is 26.8. The summed E-state index contributed by atoms with van der Waals surface area (Å²) in [6.45, 7) is 0. The van der Waals surface area contributed by atoms with Gasteiger partial charge in [-0.3, -0.25) is 0 Å². The third-order valence-corrected chi connectivity index (χ3v) is 3.85. The predicted octanol–water partition coefficient (Wildman–Crippen LogP) is 4.06. The van der Waals surface area contributed by atoms with Gasteiger partial charge in [0.25, 0.3) is 0 Å². The molecular formula is C12H9BrF2OS. The Hall–Kier alpha value is -0.780. The lowest BCUT2D eigenvalue weighted by Crippen LogP contribution is -2.01. The van der Waals surface area contributed by atoms with Crippen LogP contribution in [0.25, 0.3) is 0 Å². The van der Waals surface area contributed by atoms with Crippen molar-refractivity contribution in [2.75, 3.05) is 0 Å². The maximum Gasteiger partial charge on any atom is 0.126 e. The number of hydrogen-bond donors (Lipinski definition) is 1. The fourth-order valence-electron chi connectivity index (χ4n) is 1.57. The first-order valence-corrected chi connectivity index (χ1v) is 6.59. The molecule has 5 heteroatoms. The van der Waals surface area contributed by atoms with Crippen LogP contribution in [0.2, 0.25) is 0 Å².